The Labute approximate surface area is 107 Å². The Morgan fingerprint density at radius 3 is 2.39 bits per heavy atom. The van der Waals surface area contributed by atoms with Gasteiger partial charge in [0.1, 0.15) is 0 Å². The standard InChI is InChI=1S/C11H11F3N2OS/c1-5(10(15)18)16(2)11(17)6-3-4-7(12)9(14)8(6)13/h3-5H,1-2H3,(H2,15,18). The predicted molar refractivity (Wildman–Crippen MR) is 64.7 cm³/mol. The van der Waals surface area contributed by atoms with Crippen LogP contribution in [0.4, 0.5) is 13.2 Å². The second-order valence-corrected chi connectivity index (χ2v) is 4.19. The van der Waals surface area contributed by atoms with E-state index in [1.165, 1.54) is 14.0 Å². The maximum Gasteiger partial charge on any atom is 0.257 e. The molecule has 1 atom stereocenters. The molecule has 0 fully saturated rings. The van der Waals surface area contributed by atoms with Crippen LogP contribution in [0, 0.1) is 17.5 Å². The van der Waals surface area contributed by atoms with Crippen molar-refractivity contribution in [1.82, 2.24) is 4.90 Å². The third-order valence-electron chi connectivity index (χ3n) is 2.58. The molecule has 1 rings (SSSR count). The molecule has 0 aliphatic heterocycles. The molecule has 0 spiro atoms. The Kier molecular flexibility index (Phi) is 4.28. The fraction of sp³-hybridized carbons (Fsp3) is 0.273. The number of benzene rings is 1. The van der Waals surface area contributed by atoms with E-state index in [4.69, 9.17) is 18.0 Å². The van der Waals surface area contributed by atoms with Gasteiger partial charge in [-0.3, -0.25) is 4.79 Å². The summed E-state index contributed by atoms with van der Waals surface area (Å²) in [5.74, 6) is -5.39. The number of halogens is 3. The summed E-state index contributed by atoms with van der Waals surface area (Å²) in [5, 5.41) is 0. The Morgan fingerprint density at radius 1 is 1.33 bits per heavy atom. The topological polar surface area (TPSA) is 46.3 Å². The molecule has 0 radical (unpaired) electrons. The highest BCUT2D eigenvalue weighted by atomic mass is 32.1. The van der Waals surface area contributed by atoms with Crippen molar-refractivity contribution in [3.63, 3.8) is 0 Å². The van der Waals surface area contributed by atoms with Gasteiger partial charge in [-0.15, -0.1) is 0 Å². The van der Waals surface area contributed by atoms with E-state index in [2.05, 4.69) is 0 Å². The summed E-state index contributed by atoms with van der Waals surface area (Å²) in [6.07, 6.45) is 0. The van der Waals surface area contributed by atoms with Gasteiger partial charge in [-0.2, -0.15) is 0 Å². The molecule has 98 valence electrons. The Bertz CT molecular complexity index is 507. The smallest absolute Gasteiger partial charge is 0.257 e. The van der Waals surface area contributed by atoms with Crippen LogP contribution in [0.15, 0.2) is 12.1 Å². The first-order valence-corrected chi connectivity index (χ1v) is 5.38. The average molecular weight is 276 g/mol. The zero-order valence-corrected chi connectivity index (χ0v) is 10.5. The van der Waals surface area contributed by atoms with E-state index in [0.717, 1.165) is 11.0 Å². The van der Waals surface area contributed by atoms with Crippen molar-refractivity contribution in [3.05, 3.63) is 35.1 Å². The third kappa shape index (κ3) is 2.61. The van der Waals surface area contributed by atoms with E-state index >= 15 is 0 Å². The number of rotatable bonds is 3. The maximum absolute atomic E-state index is 13.4. The number of hydrogen-bond acceptors (Lipinski definition) is 2. The monoisotopic (exact) mass is 276 g/mol. The van der Waals surface area contributed by atoms with Crippen molar-refractivity contribution in [2.45, 2.75) is 13.0 Å². The predicted octanol–water partition coefficient (Wildman–Crippen LogP) is 1.85. The Balaban J connectivity index is 3.12. The molecule has 1 unspecified atom stereocenters. The summed E-state index contributed by atoms with van der Waals surface area (Å²) in [4.78, 5) is 12.9. The van der Waals surface area contributed by atoms with Gasteiger partial charge in [-0.25, -0.2) is 13.2 Å². The highest BCUT2D eigenvalue weighted by molar-refractivity contribution is 7.80. The van der Waals surface area contributed by atoms with Crippen LogP contribution in [-0.2, 0) is 0 Å². The summed E-state index contributed by atoms with van der Waals surface area (Å²) in [6.45, 7) is 1.54. The molecule has 18 heavy (non-hydrogen) atoms. The van der Waals surface area contributed by atoms with Gasteiger partial charge in [0.25, 0.3) is 5.91 Å². The average Bonchev–Trinajstić information content (AvgIpc) is 2.33. The lowest BCUT2D eigenvalue weighted by Crippen LogP contribution is -2.43. The third-order valence-corrected chi connectivity index (χ3v) is 2.92. The van der Waals surface area contributed by atoms with Crippen molar-refractivity contribution in [3.8, 4) is 0 Å². The van der Waals surface area contributed by atoms with Gasteiger partial charge in [0.2, 0.25) is 0 Å². The lowest BCUT2D eigenvalue weighted by atomic mass is 10.1. The van der Waals surface area contributed by atoms with Crippen molar-refractivity contribution < 1.29 is 18.0 Å². The van der Waals surface area contributed by atoms with Gasteiger partial charge in [0, 0.05) is 7.05 Å². The van der Waals surface area contributed by atoms with E-state index in [0.29, 0.717) is 6.07 Å². The van der Waals surface area contributed by atoms with Crippen molar-refractivity contribution >= 4 is 23.1 Å². The minimum Gasteiger partial charge on any atom is -0.392 e. The highest BCUT2D eigenvalue weighted by Gasteiger charge is 2.24. The van der Waals surface area contributed by atoms with E-state index in [1.54, 1.807) is 0 Å². The second-order valence-electron chi connectivity index (χ2n) is 3.72. The summed E-state index contributed by atoms with van der Waals surface area (Å²) in [7, 11) is 1.34. The lowest BCUT2D eigenvalue weighted by Gasteiger charge is -2.24. The lowest BCUT2D eigenvalue weighted by molar-refractivity contribution is 0.0773. The molecule has 0 aromatic heterocycles. The summed E-state index contributed by atoms with van der Waals surface area (Å²) in [6, 6.07) is 0.934. The van der Waals surface area contributed by atoms with E-state index < -0.39 is 35.0 Å². The molecule has 3 nitrogen and oxygen atoms in total. The normalized spacial score (nSPS) is 12.1. The Morgan fingerprint density at radius 2 is 1.89 bits per heavy atom. The minimum absolute atomic E-state index is 0.0360. The Hall–Kier alpha value is -1.63. The zero-order valence-electron chi connectivity index (χ0n) is 9.71. The number of carbonyl (C=O) groups is 1. The van der Waals surface area contributed by atoms with Crippen molar-refractivity contribution in [2.24, 2.45) is 5.73 Å². The van der Waals surface area contributed by atoms with Gasteiger partial charge in [-0.1, -0.05) is 12.2 Å². The molecule has 0 bridgehead atoms. The number of nitrogens with zero attached hydrogens (tertiary/aromatic N) is 1. The molecular formula is C11H11F3N2OS. The van der Waals surface area contributed by atoms with Crippen LogP contribution >= 0.6 is 12.2 Å². The van der Waals surface area contributed by atoms with Crippen LogP contribution in [0.5, 0.6) is 0 Å². The maximum atomic E-state index is 13.4. The fourth-order valence-electron chi connectivity index (χ4n) is 1.25. The minimum atomic E-state index is -1.68. The second kappa shape index (κ2) is 5.34. The molecule has 0 saturated heterocycles. The van der Waals surface area contributed by atoms with Crippen LogP contribution in [0.25, 0.3) is 0 Å². The zero-order chi connectivity index (χ0) is 14.0. The molecule has 0 aliphatic carbocycles. The van der Waals surface area contributed by atoms with E-state index in [9.17, 15) is 18.0 Å². The molecule has 0 heterocycles. The molecule has 2 N–H and O–H groups in total. The number of amides is 1. The first-order chi connectivity index (χ1) is 8.27. The number of thiocarbonyl (C=S) groups is 1. The molecule has 1 amide bonds. The van der Waals surface area contributed by atoms with Crippen molar-refractivity contribution in [2.75, 3.05) is 7.05 Å². The van der Waals surface area contributed by atoms with E-state index in [-0.39, 0.29) is 4.99 Å². The highest BCUT2D eigenvalue weighted by Crippen LogP contribution is 2.17. The number of carbonyl (C=O) groups excluding carboxylic acids is 1. The fourth-order valence-corrected chi connectivity index (χ4v) is 1.41. The summed E-state index contributed by atoms with van der Waals surface area (Å²) < 4.78 is 39.1. The molecule has 0 saturated carbocycles. The van der Waals surface area contributed by atoms with Crippen molar-refractivity contribution in [1.29, 1.82) is 0 Å². The van der Waals surface area contributed by atoms with E-state index in [1.807, 2.05) is 0 Å². The summed E-state index contributed by atoms with van der Waals surface area (Å²) >= 11 is 4.70. The van der Waals surface area contributed by atoms with Crippen LogP contribution < -0.4 is 5.73 Å². The molecule has 0 aliphatic rings. The first kappa shape index (κ1) is 14.4. The molecular weight excluding hydrogens is 265 g/mol. The van der Waals surface area contributed by atoms with Crippen LogP contribution in [0.2, 0.25) is 0 Å². The first-order valence-electron chi connectivity index (χ1n) is 4.97. The number of hydrogen-bond donors (Lipinski definition) is 1. The van der Waals surface area contributed by atoms with Gasteiger partial charge < -0.3 is 10.6 Å². The largest absolute Gasteiger partial charge is 0.392 e. The van der Waals surface area contributed by atoms with Crippen LogP contribution in [-0.4, -0.2) is 28.9 Å². The van der Waals surface area contributed by atoms with Crippen LogP contribution in [0.3, 0.4) is 0 Å². The number of likely N-dealkylation sites (N-methyl/N-ethyl adjacent to an activating group) is 1. The molecule has 7 heteroatoms. The number of nitrogens with two attached hydrogens (primary N) is 1. The van der Waals surface area contributed by atoms with Crippen LogP contribution in [0.1, 0.15) is 17.3 Å². The van der Waals surface area contributed by atoms with Gasteiger partial charge in [-0.05, 0) is 19.1 Å². The van der Waals surface area contributed by atoms with Gasteiger partial charge in [0.15, 0.2) is 17.5 Å². The summed E-state index contributed by atoms with van der Waals surface area (Å²) in [5.41, 5.74) is 4.78. The van der Waals surface area contributed by atoms with Gasteiger partial charge >= 0.3 is 0 Å². The molecule has 1 aromatic carbocycles. The quantitative estimate of drug-likeness (QED) is 0.677. The SMILES string of the molecule is CC(C(N)=S)N(C)C(=O)c1ccc(F)c(F)c1F. The molecule has 1 aromatic rings. The van der Waals surface area contributed by atoms with Gasteiger partial charge in [0.05, 0.1) is 16.6 Å².